The van der Waals surface area contributed by atoms with Crippen molar-refractivity contribution in [3.05, 3.63) is 71.0 Å². The van der Waals surface area contributed by atoms with Crippen LogP contribution in [-0.2, 0) is 0 Å². The van der Waals surface area contributed by atoms with Crippen molar-refractivity contribution in [2.45, 2.75) is 0 Å². The predicted octanol–water partition coefficient (Wildman–Crippen LogP) is 5.56. The highest BCUT2D eigenvalue weighted by atomic mass is 32.1. The zero-order valence-electron chi connectivity index (χ0n) is 13.2. The molecule has 1 aromatic carbocycles. The molecule has 4 aromatic rings. The standard InChI is InChI=1S/C18H8F5N3S/c19-14-13(15(20)17(22)18(23)16(14)21)11-6-10(25-26-11)9-4-3-8(7-24-9)12-2-1-5-27-12/h1-7H,(H,25,26). The van der Waals surface area contributed by atoms with Crippen molar-refractivity contribution in [3.63, 3.8) is 0 Å². The van der Waals surface area contributed by atoms with Gasteiger partial charge < -0.3 is 0 Å². The molecule has 0 atom stereocenters. The van der Waals surface area contributed by atoms with Crippen molar-refractivity contribution >= 4 is 11.3 Å². The fourth-order valence-electron chi connectivity index (χ4n) is 2.55. The van der Waals surface area contributed by atoms with Crippen LogP contribution in [-0.4, -0.2) is 15.2 Å². The number of hydrogen-bond acceptors (Lipinski definition) is 3. The Labute approximate surface area is 153 Å². The number of rotatable bonds is 3. The number of aromatic amines is 1. The number of thiophene rings is 1. The Hall–Kier alpha value is -3.07. The summed E-state index contributed by atoms with van der Waals surface area (Å²) in [4.78, 5) is 5.26. The van der Waals surface area contributed by atoms with Crippen molar-refractivity contribution in [3.8, 4) is 33.1 Å². The molecular weight excluding hydrogens is 385 g/mol. The van der Waals surface area contributed by atoms with E-state index in [9.17, 15) is 22.0 Å². The van der Waals surface area contributed by atoms with E-state index in [1.165, 1.54) is 6.07 Å². The van der Waals surface area contributed by atoms with Gasteiger partial charge in [-0.05, 0) is 29.6 Å². The number of benzene rings is 1. The summed E-state index contributed by atoms with van der Waals surface area (Å²) in [7, 11) is 0. The molecule has 0 fully saturated rings. The highest BCUT2D eigenvalue weighted by Gasteiger charge is 2.28. The molecule has 4 rings (SSSR count). The van der Waals surface area contributed by atoms with E-state index in [2.05, 4.69) is 15.2 Å². The maximum atomic E-state index is 13.9. The first-order valence-corrected chi connectivity index (χ1v) is 8.43. The van der Waals surface area contributed by atoms with E-state index in [0.717, 1.165) is 10.4 Å². The van der Waals surface area contributed by atoms with Gasteiger partial charge in [-0.3, -0.25) is 10.1 Å². The average Bonchev–Trinajstić information content (AvgIpc) is 3.37. The lowest BCUT2D eigenvalue weighted by molar-refractivity contribution is 0.381. The highest BCUT2D eigenvalue weighted by Crippen LogP contribution is 2.32. The van der Waals surface area contributed by atoms with Crippen LogP contribution in [0.5, 0.6) is 0 Å². The topological polar surface area (TPSA) is 41.6 Å². The maximum Gasteiger partial charge on any atom is 0.200 e. The quantitative estimate of drug-likeness (QED) is 0.281. The second-order valence-corrected chi connectivity index (χ2v) is 6.47. The molecule has 0 aliphatic rings. The molecule has 3 aromatic heterocycles. The largest absolute Gasteiger partial charge is 0.276 e. The fourth-order valence-corrected chi connectivity index (χ4v) is 3.27. The molecule has 0 aliphatic heterocycles. The molecule has 0 saturated carbocycles. The molecule has 0 aliphatic carbocycles. The first kappa shape index (κ1) is 17.3. The second kappa shape index (κ2) is 6.58. The third-order valence-corrected chi connectivity index (χ3v) is 4.81. The molecule has 0 unspecified atom stereocenters. The van der Waals surface area contributed by atoms with Crippen molar-refractivity contribution < 1.29 is 22.0 Å². The number of nitrogens with one attached hydrogen (secondary N) is 1. The van der Waals surface area contributed by atoms with Crippen molar-refractivity contribution in [1.82, 2.24) is 15.2 Å². The van der Waals surface area contributed by atoms with Crippen molar-refractivity contribution in [2.75, 3.05) is 0 Å². The number of nitrogens with zero attached hydrogens (tertiary/aromatic N) is 2. The van der Waals surface area contributed by atoms with E-state index < -0.39 is 40.3 Å². The van der Waals surface area contributed by atoms with E-state index in [4.69, 9.17) is 0 Å². The summed E-state index contributed by atoms with van der Waals surface area (Å²) in [6, 6.07) is 8.46. The van der Waals surface area contributed by atoms with Gasteiger partial charge in [0, 0.05) is 16.6 Å². The monoisotopic (exact) mass is 393 g/mol. The molecule has 0 spiro atoms. The molecule has 0 radical (unpaired) electrons. The Morgan fingerprint density at radius 1 is 0.815 bits per heavy atom. The summed E-state index contributed by atoms with van der Waals surface area (Å²) in [5, 5.41) is 8.10. The molecule has 0 bridgehead atoms. The molecule has 1 N–H and O–H groups in total. The minimum Gasteiger partial charge on any atom is -0.276 e. The molecule has 9 heteroatoms. The van der Waals surface area contributed by atoms with Crippen molar-refractivity contribution in [2.24, 2.45) is 0 Å². The van der Waals surface area contributed by atoms with E-state index in [-0.39, 0.29) is 5.69 Å². The van der Waals surface area contributed by atoms with Crippen LogP contribution in [0.25, 0.3) is 33.1 Å². The van der Waals surface area contributed by atoms with Crippen LogP contribution in [0.4, 0.5) is 22.0 Å². The van der Waals surface area contributed by atoms with Crippen molar-refractivity contribution in [1.29, 1.82) is 0 Å². The van der Waals surface area contributed by atoms with Crippen LogP contribution >= 0.6 is 11.3 Å². The lowest BCUT2D eigenvalue weighted by Crippen LogP contribution is -2.04. The summed E-state index contributed by atoms with van der Waals surface area (Å²) in [6.45, 7) is 0. The summed E-state index contributed by atoms with van der Waals surface area (Å²) in [5.74, 6) is -10.1. The smallest absolute Gasteiger partial charge is 0.200 e. The Morgan fingerprint density at radius 3 is 2.11 bits per heavy atom. The summed E-state index contributed by atoms with van der Waals surface area (Å²) in [5.41, 5.74) is 0.0453. The van der Waals surface area contributed by atoms with Crippen LogP contribution in [0.2, 0.25) is 0 Å². The Kier molecular flexibility index (Phi) is 4.23. The number of H-pyrrole nitrogens is 1. The molecule has 136 valence electrons. The Balaban J connectivity index is 1.73. The van der Waals surface area contributed by atoms with Crippen LogP contribution < -0.4 is 0 Å². The third-order valence-electron chi connectivity index (χ3n) is 3.89. The zero-order chi connectivity index (χ0) is 19.1. The van der Waals surface area contributed by atoms with Gasteiger partial charge in [0.2, 0.25) is 5.82 Å². The van der Waals surface area contributed by atoms with Gasteiger partial charge in [-0.2, -0.15) is 5.10 Å². The van der Waals surface area contributed by atoms with Gasteiger partial charge in [0.05, 0.1) is 22.6 Å². The number of hydrogen-bond donors (Lipinski definition) is 1. The molecule has 3 heterocycles. The van der Waals surface area contributed by atoms with Gasteiger partial charge in [-0.25, -0.2) is 22.0 Å². The van der Waals surface area contributed by atoms with E-state index in [1.807, 2.05) is 17.5 Å². The first-order chi connectivity index (χ1) is 13.0. The summed E-state index contributed by atoms with van der Waals surface area (Å²) >= 11 is 1.54. The maximum absolute atomic E-state index is 13.9. The molecular formula is C18H8F5N3S. The average molecular weight is 393 g/mol. The SMILES string of the molecule is Fc1c(F)c(F)c(-c2cc(-c3ccc(-c4cccs4)cn3)[nH]n2)c(F)c1F. The lowest BCUT2D eigenvalue weighted by atomic mass is 10.1. The minimum absolute atomic E-state index is 0.270. The predicted molar refractivity (Wildman–Crippen MR) is 90.4 cm³/mol. The summed E-state index contributed by atoms with van der Waals surface area (Å²) < 4.78 is 67.8. The molecule has 3 nitrogen and oxygen atoms in total. The second-order valence-electron chi connectivity index (χ2n) is 5.52. The van der Waals surface area contributed by atoms with E-state index in [0.29, 0.717) is 5.69 Å². The van der Waals surface area contributed by atoms with Crippen LogP contribution in [0.3, 0.4) is 0 Å². The van der Waals surface area contributed by atoms with Gasteiger partial charge >= 0.3 is 0 Å². The van der Waals surface area contributed by atoms with Crippen LogP contribution in [0.1, 0.15) is 0 Å². The van der Waals surface area contributed by atoms with Gasteiger partial charge in [0.25, 0.3) is 0 Å². The van der Waals surface area contributed by atoms with Crippen LogP contribution in [0, 0.1) is 29.1 Å². The van der Waals surface area contributed by atoms with E-state index in [1.54, 1.807) is 29.7 Å². The Bertz CT molecular complexity index is 1090. The number of aromatic nitrogens is 3. The zero-order valence-corrected chi connectivity index (χ0v) is 14.1. The van der Waals surface area contributed by atoms with Gasteiger partial charge in [-0.15, -0.1) is 11.3 Å². The minimum atomic E-state index is -2.21. The third kappa shape index (κ3) is 2.89. The summed E-state index contributed by atoms with van der Waals surface area (Å²) in [6.07, 6.45) is 1.61. The number of pyridine rings is 1. The normalized spacial score (nSPS) is 11.1. The number of halogens is 5. The Morgan fingerprint density at radius 2 is 1.52 bits per heavy atom. The highest BCUT2D eigenvalue weighted by molar-refractivity contribution is 7.13. The first-order valence-electron chi connectivity index (χ1n) is 7.55. The van der Waals surface area contributed by atoms with E-state index >= 15 is 0 Å². The molecule has 0 saturated heterocycles. The van der Waals surface area contributed by atoms with Gasteiger partial charge in [-0.1, -0.05) is 6.07 Å². The molecule has 27 heavy (non-hydrogen) atoms. The van der Waals surface area contributed by atoms with Gasteiger partial charge in [0.15, 0.2) is 23.3 Å². The lowest BCUT2D eigenvalue weighted by Gasteiger charge is -2.05. The fraction of sp³-hybridized carbons (Fsp3) is 0. The van der Waals surface area contributed by atoms with Crippen LogP contribution in [0.15, 0.2) is 41.9 Å². The van der Waals surface area contributed by atoms with Gasteiger partial charge in [0.1, 0.15) is 0 Å². The molecule has 0 amide bonds.